The Balaban J connectivity index is 2.87. The highest BCUT2D eigenvalue weighted by Crippen LogP contribution is 2.13. The maximum absolute atomic E-state index is 11.4. The van der Waals surface area contributed by atoms with E-state index >= 15 is 0 Å². The van der Waals surface area contributed by atoms with E-state index < -0.39 is 5.97 Å². The number of phenols is 1. The highest BCUT2D eigenvalue weighted by Gasteiger charge is 2.08. The number of hydrogen-bond acceptors (Lipinski definition) is 4. The Morgan fingerprint density at radius 1 is 1.44 bits per heavy atom. The van der Waals surface area contributed by atoms with E-state index in [-0.39, 0.29) is 12.3 Å². The van der Waals surface area contributed by atoms with Crippen molar-refractivity contribution in [2.75, 3.05) is 13.2 Å². The number of carbonyl (C=O) groups excluding carboxylic acids is 1. The molecule has 1 aromatic rings. The van der Waals surface area contributed by atoms with E-state index in [9.17, 15) is 4.79 Å². The second-order valence-corrected chi connectivity index (χ2v) is 3.19. The summed E-state index contributed by atoms with van der Waals surface area (Å²) in [5, 5.41) is 9.10. The molecule has 0 aliphatic rings. The lowest BCUT2D eigenvalue weighted by Gasteiger charge is -2.04. The fraction of sp³-hybridized carbons (Fsp3) is 0.250. The molecule has 0 unspecified atom stereocenters. The van der Waals surface area contributed by atoms with Gasteiger partial charge in [-0.3, -0.25) is 0 Å². The molecule has 0 bridgehead atoms. The van der Waals surface area contributed by atoms with Gasteiger partial charge in [0.05, 0.1) is 12.2 Å². The van der Waals surface area contributed by atoms with Gasteiger partial charge in [-0.05, 0) is 30.7 Å². The molecular weight excluding hydrogens is 206 g/mol. The lowest BCUT2D eigenvalue weighted by Crippen LogP contribution is -2.15. The van der Waals surface area contributed by atoms with Gasteiger partial charge < -0.3 is 15.6 Å². The third kappa shape index (κ3) is 3.40. The first-order valence-corrected chi connectivity index (χ1v) is 5.04. The molecule has 86 valence electrons. The number of hydrogen-bond donors (Lipinski definition) is 2. The van der Waals surface area contributed by atoms with Crippen molar-refractivity contribution in [1.82, 2.24) is 0 Å². The zero-order valence-electron chi connectivity index (χ0n) is 9.14. The topological polar surface area (TPSA) is 72.5 Å². The molecular formula is C12H15NO3. The summed E-state index contributed by atoms with van der Waals surface area (Å²) in [6, 6.07) is 6.49. The van der Waals surface area contributed by atoms with E-state index in [0.29, 0.717) is 12.2 Å². The summed E-state index contributed by atoms with van der Waals surface area (Å²) in [6.45, 7) is 2.19. The maximum Gasteiger partial charge on any atom is 0.335 e. The van der Waals surface area contributed by atoms with Gasteiger partial charge in [0.1, 0.15) is 5.75 Å². The molecule has 0 aliphatic heterocycles. The Hall–Kier alpha value is -1.81. The summed E-state index contributed by atoms with van der Waals surface area (Å²) in [7, 11) is 0. The minimum absolute atomic E-state index is 0.125. The molecule has 0 heterocycles. The molecule has 0 fully saturated rings. The van der Waals surface area contributed by atoms with Crippen LogP contribution >= 0.6 is 0 Å². The highest BCUT2D eigenvalue weighted by molar-refractivity contribution is 5.94. The zero-order valence-corrected chi connectivity index (χ0v) is 9.14. The quantitative estimate of drug-likeness (QED) is 0.593. The Bertz CT molecular complexity index is 382. The molecule has 4 nitrogen and oxygen atoms in total. The van der Waals surface area contributed by atoms with E-state index in [1.54, 1.807) is 37.3 Å². The van der Waals surface area contributed by atoms with Crippen LogP contribution in [0.25, 0.3) is 6.08 Å². The molecule has 16 heavy (non-hydrogen) atoms. The average molecular weight is 221 g/mol. The smallest absolute Gasteiger partial charge is 0.335 e. The predicted molar refractivity (Wildman–Crippen MR) is 61.8 cm³/mol. The molecule has 0 radical (unpaired) electrons. The first-order chi connectivity index (χ1) is 7.67. The third-order valence-corrected chi connectivity index (χ3v) is 1.99. The largest absolute Gasteiger partial charge is 0.508 e. The number of aromatic hydroxyl groups is 1. The molecule has 3 N–H and O–H groups in total. The molecule has 0 aromatic heterocycles. The number of benzene rings is 1. The fourth-order valence-corrected chi connectivity index (χ4v) is 1.20. The molecule has 1 rings (SSSR count). The number of rotatable bonds is 4. The lowest BCUT2D eigenvalue weighted by atomic mass is 10.1. The summed E-state index contributed by atoms with van der Waals surface area (Å²) in [5.41, 5.74) is 6.67. The van der Waals surface area contributed by atoms with Gasteiger partial charge in [0.15, 0.2) is 0 Å². The van der Waals surface area contributed by atoms with Crippen molar-refractivity contribution >= 4 is 12.0 Å². The summed E-state index contributed by atoms with van der Waals surface area (Å²) in [5.74, 6) is -0.222. The first-order valence-electron chi connectivity index (χ1n) is 5.04. The summed E-state index contributed by atoms with van der Waals surface area (Å²) >= 11 is 0. The van der Waals surface area contributed by atoms with E-state index in [1.165, 1.54) is 0 Å². The predicted octanol–water partition coefficient (Wildman–Crippen LogP) is 1.30. The van der Waals surface area contributed by atoms with Crippen LogP contribution in [0.15, 0.2) is 29.8 Å². The lowest BCUT2D eigenvalue weighted by molar-refractivity contribution is -0.138. The van der Waals surface area contributed by atoms with Crippen molar-refractivity contribution in [3.63, 3.8) is 0 Å². The van der Waals surface area contributed by atoms with Crippen molar-refractivity contribution in [3.05, 3.63) is 35.4 Å². The van der Waals surface area contributed by atoms with Crippen LogP contribution in [0, 0.1) is 0 Å². The zero-order chi connectivity index (χ0) is 12.0. The van der Waals surface area contributed by atoms with Crippen molar-refractivity contribution in [1.29, 1.82) is 0 Å². The van der Waals surface area contributed by atoms with Crippen LogP contribution in [0.5, 0.6) is 5.75 Å². The van der Waals surface area contributed by atoms with Crippen LogP contribution in [-0.4, -0.2) is 24.2 Å². The minimum Gasteiger partial charge on any atom is -0.508 e. The Labute approximate surface area is 94.3 Å². The third-order valence-electron chi connectivity index (χ3n) is 1.99. The monoisotopic (exact) mass is 221 g/mol. The van der Waals surface area contributed by atoms with E-state index in [2.05, 4.69) is 0 Å². The Kier molecular flexibility index (Phi) is 4.54. The number of ether oxygens (including phenoxy) is 1. The number of carbonyl (C=O) groups is 1. The van der Waals surface area contributed by atoms with Gasteiger partial charge in [-0.15, -0.1) is 0 Å². The summed E-state index contributed by atoms with van der Waals surface area (Å²) < 4.78 is 4.85. The molecule has 1 aromatic carbocycles. The van der Waals surface area contributed by atoms with Gasteiger partial charge in [-0.25, -0.2) is 4.79 Å². The number of phenolic OH excluding ortho intramolecular Hbond substituents is 1. The van der Waals surface area contributed by atoms with Gasteiger partial charge in [-0.1, -0.05) is 12.1 Å². The van der Waals surface area contributed by atoms with Crippen LogP contribution in [0.2, 0.25) is 0 Å². The SMILES string of the molecule is CCOC(=O)C(=Cc1ccc(O)cc1)CN. The van der Waals surface area contributed by atoms with Crippen molar-refractivity contribution in [3.8, 4) is 5.75 Å². The van der Waals surface area contributed by atoms with Crippen LogP contribution in [0.1, 0.15) is 12.5 Å². The molecule has 0 amide bonds. The minimum atomic E-state index is -0.405. The summed E-state index contributed by atoms with van der Waals surface area (Å²) in [4.78, 5) is 11.4. The highest BCUT2D eigenvalue weighted by atomic mass is 16.5. The second-order valence-electron chi connectivity index (χ2n) is 3.19. The van der Waals surface area contributed by atoms with Crippen molar-refractivity contribution in [2.45, 2.75) is 6.92 Å². The van der Waals surface area contributed by atoms with Gasteiger partial charge in [0.25, 0.3) is 0 Å². The molecule has 0 aliphatic carbocycles. The van der Waals surface area contributed by atoms with Gasteiger partial charge in [0.2, 0.25) is 0 Å². The molecule has 0 atom stereocenters. The van der Waals surface area contributed by atoms with E-state index in [4.69, 9.17) is 15.6 Å². The number of nitrogens with two attached hydrogens (primary N) is 1. The second kappa shape index (κ2) is 5.92. The Morgan fingerprint density at radius 3 is 2.56 bits per heavy atom. The van der Waals surface area contributed by atoms with Crippen molar-refractivity contribution < 1.29 is 14.6 Å². The Morgan fingerprint density at radius 2 is 2.06 bits per heavy atom. The van der Waals surface area contributed by atoms with Gasteiger partial charge >= 0.3 is 5.97 Å². The molecule has 0 spiro atoms. The average Bonchev–Trinajstić information content (AvgIpc) is 2.28. The molecule has 4 heteroatoms. The standard InChI is InChI=1S/C12H15NO3/c1-2-16-12(15)10(8-13)7-9-3-5-11(14)6-4-9/h3-7,14H,2,8,13H2,1H3. The first kappa shape index (κ1) is 12.3. The molecule has 0 saturated carbocycles. The van der Waals surface area contributed by atoms with Crippen molar-refractivity contribution in [2.24, 2.45) is 5.73 Å². The normalized spacial score (nSPS) is 11.2. The van der Waals surface area contributed by atoms with E-state index in [1.807, 2.05) is 0 Å². The van der Waals surface area contributed by atoms with Crippen LogP contribution < -0.4 is 5.73 Å². The van der Waals surface area contributed by atoms with E-state index in [0.717, 1.165) is 5.56 Å². The van der Waals surface area contributed by atoms with Crippen LogP contribution in [0.3, 0.4) is 0 Å². The van der Waals surface area contributed by atoms with Crippen LogP contribution in [0.4, 0.5) is 0 Å². The van der Waals surface area contributed by atoms with Crippen LogP contribution in [-0.2, 0) is 9.53 Å². The fourth-order valence-electron chi connectivity index (χ4n) is 1.20. The molecule has 0 saturated heterocycles. The summed E-state index contributed by atoms with van der Waals surface area (Å²) in [6.07, 6.45) is 1.65. The van der Waals surface area contributed by atoms with Gasteiger partial charge in [0, 0.05) is 6.54 Å². The maximum atomic E-state index is 11.4. The number of esters is 1. The van der Waals surface area contributed by atoms with Gasteiger partial charge in [-0.2, -0.15) is 0 Å².